The number of nitrogens with one attached hydrogen (secondary N) is 1. The van der Waals surface area contributed by atoms with E-state index in [0.717, 1.165) is 16.8 Å². The molecule has 2 heterocycles. The van der Waals surface area contributed by atoms with Gasteiger partial charge in [-0.15, -0.1) is 11.3 Å². The SMILES string of the molecule is COc1ccccc1-c1noc(CCC(=O)Nc2nc(-c3ccccc3)cs2)n1. The number of ether oxygens (including phenoxy) is 1. The molecule has 0 saturated carbocycles. The van der Waals surface area contributed by atoms with Crippen molar-refractivity contribution >= 4 is 22.4 Å². The van der Waals surface area contributed by atoms with Crippen molar-refractivity contribution in [2.75, 3.05) is 12.4 Å². The van der Waals surface area contributed by atoms with E-state index in [1.165, 1.54) is 11.3 Å². The molecule has 1 amide bonds. The quantitative estimate of drug-likeness (QED) is 0.488. The number of thiazole rings is 1. The van der Waals surface area contributed by atoms with Gasteiger partial charge < -0.3 is 14.6 Å². The summed E-state index contributed by atoms with van der Waals surface area (Å²) < 4.78 is 10.6. The second-order valence-electron chi connectivity index (χ2n) is 6.16. The van der Waals surface area contributed by atoms with Gasteiger partial charge in [-0.3, -0.25) is 4.79 Å². The van der Waals surface area contributed by atoms with E-state index >= 15 is 0 Å². The predicted octanol–water partition coefficient (Wildman–Crippen LogP) is 4.44. The molecule has 0 radical (unpaired) electrons. The van der Waals surface area contributed by atoms with E-state index in [-0.39, 0.29) is 12.3 Å². The molecular weight excluding hydrogens is 388 g/mol. The molecule has 0 unspecified atom stereocenters. The highest BCUT2D eigenvalue weighted by atomic mass is 32.1. The van der Waals surface area contributed by atoms with E-state index in [0.29, 0.717) is 29.0 Å². The van der Waals surface area contributed by atoms with Crippen LogP contribution in [0, 0.1) is 0 Å². The maximum Gasteiger partial charge on any atom is 0.227 e. The van der Waals surface area contributed by atoms with Gasteiger partial charge in [0.25, 0.3) is 0 Å². The molecule has 0 aliphatic heterocycles. The molecule has 0 bridgehead atoms. The Labute approximate surface area is 171 Å². The van der Waals surface area contributed by atoms with Crippen LogP contribution in [0.2, 0.25) is 0 Å². The van der Waals surface area contributed by atoms with Crippen LogP contribution >= 0.6 is 11.3 Å². The fraction of sp³-hybridized carbons (Fsp3) is 0.143. The van der Waals surface area contributed by atoms with Crippen molar-refractivity contribution in [2.45, 2.75) is 12.8 Å². The zero-order valence-corrected chi connectivity index (χ0v) is 16.5. The van der Waals surface area contributed by atoms with E-state index in [2.05, 4.69) is 20.4 Å². The van der Waals surface area contributed by atoms with Crippen molar-refractivity contribution in [2.24, 2.45) is 0 Å². The summed E-state index contributed by atoms with van der Waals surface area (Å²) in [5.74, 6) is 1.34. The monoisotopic (exact) mass is 406 g/mol. The molecule has 4 aromatic rings. The van der Waals surface area contributed by atoms with Crippen LogP contribution in [-0.2, 0) is 11.2 Å². The first-order valence-corrected chi connectivity index (χ1v) is 9.87. The second kappa shape index (κ2) is 8.66. The molecule has 8 heteroatoms. The molecule has 0 atom stereocenters. The number of hydrogen-bond acceptors (Lipinski definition) is 7. The van der Waals surface area contributed by atoms with Crippen molar-refractivity contribution in [3.8, 4) is 28.4 Å². The first-order valence-electron chi connectivity index (χ1n) is 8.99. The molecule has 0 spiro atoms. The Kier molecular flexibility index (Phi) is 5.62. The minimum Gasteiger partial charge on any atom is -0.496 e. The normalized spacial score (nSPS) is 10.7. The maximum absolute atomic E-state index is 12.3. The standard InChI is InChI=1S/C21H18N4O3S/c1-27-17-10-6-5-9-15(17)20-24-19(28-25-20)12-11-18(26)23-21-22-16(13-29-21)14-7-3-2-4-8-14/h2-10,13H,11-12H2,1H3,(H,22,23,26). The highest BCUT2D eigenvalue weighted by molar-refractivity contribution is 7.14. The number of aromatic nitrogens is 3. The number of anilines is 1. The third kappa shape index (κ3) is 4.49. The summed E-state index contributed by atoms with van der Waals surface area (Å²) in [5.41, 5.74) is 2.59. The maximum atomic E-state index is 12.3. The lowest BCUT2D eigenvalue weighted by Crippen LogP contribution is -2.12. The Morgan fingerprint density at radius 3 is 2.72 bits per heavy atom. The number of benzene rings is 2. The lowest BCUT2D eigenvalue weighted by atomic mass is 10.2. The first kappa shape index (κ1) is 18.8. The zero-order valence-electron chi connectivity index (χ0n) is 15.7. The third-order valence-electron chi connectivity index (χ3n) is 4.20. The number of amides is 1. The van der Waals surface area contributed by atoms with Crippen LogP contribution in [-0.4, -0.2) is 28.1 Å². The van der Waals surface area contributed by atoms with Crippen LogP contribution in [0.4, 0.5) is 5.13 Å². The lowest BCUT2D eigenvalue weighted by molar-refractivity contribution is -0.116. The van der Waals surface area contributed by atoms with Gasteiger partial charge in [0.05, 0.1) is 18.4 Å². The average molecular weight is 406 g/mol. The number of hydrogen-bond donors (Lipinski definition) is 1. The molecule has 7 nitrogen and oxygen atoms in total. The van der Waals surface area contributed by atoms with Gasteiger partial charge in [0, 0.05) is 23.8 Å². The Hall–Kier alpha value is -3.52. The molecule has 2 aromatic carbocycles. The Balaban J connectivity index is 1.35. The molecule has 4 rings (SSSR count). The Morgan fingerprint density at radius 2 is 1.90 bits per heavy atom. The average Bonchev–Trinajstić information content (AvgIpc) is 3.42. The van der Waals surface area contributed by atoms with E-state index in [4.69, 9.17) is 9.26 Å². The first-order chi connectivity index (χ1) is 14.2. The molecule has 146 valence electrons. The van der Waals surface area contributed by atoms with E-state index in [1.807, 2.05) is 60.0 Å². The van der Waals surface area contributed by atoms with Crippen LogP contribution in [0.15, 0.2) is 64.5 Å². The van der Waals surface area contributed by atoms with Gasteiger partial charge in [-0.1, -0.05) is 47.6 Å². The number of nitrogens with zero attached hydrogens (tertiary/aromatic N) is 3. The summed E-state index contributed by atoms with van der Waals surface area (Å²) in [4.78, 5) is 21.1. The van der Waals surface area contributed by atoms with Crippen molar-refractivity contribution in [3.63, 3.8) is 0 Å². The molecule has 1 N–H and O–H groups in total. The number of aryl methyl sites for hydroxylation is 1. The molecule has 0 aliphatic carbocycles. The van der Waals surface area contributed by atoms with Gasteiger partial charge >= 0.3 is 0 Å². The van der Waals surface area contributed by atoms with Crippen LogP contribution in [0.1, 0.15) is 12.3 Å². The van der Waals surface area contributed by atoms with Crippen LogP contribution in [0.5, 0.6) is 5.75 Å². The number of methoxy groups -OCH3 is 1. The summed E-state index contributed by atoms with van der Waals surface area (Å²) in [6.45, 7) is 0. The van der Waals surface area contributed by atoms with Crippen LogP contribution in [0.25, 0.3) is 22.6 Å². The molecule has 29 heavy (non-hydrogen) atoms. The largest absolute Gasteiger partial charge is 0.496 e. The molecule has 0 aliphatic rings. The summed E-state index contributed by atoms with van der Waals surface area (Å²) >= 11 is 1.39. The molecule has 0 fully saturated rings. The van der Waals surface area contributed by atoms with Gasteiger partial charge in [-0.25, -0.2) is 4.98 Å². The number of carbonyl (C=O) groups excluding carboxylic acids is 1. The Bertz CT molecular complexity index is 1110. The lowest BCUT2D eigenvalue weighted by Gasteiger charge is -2.03. The third-order valence-corrected chi connectivity index (χ3v) is 4.96. The minimum atomic E-state index is -0.156. The van der Waals surface area contributed by atoms with Gasteiger partial charge in [0.1, 0.15) is 5.75 Å². The van der Waals surface area contributed by atoms with Crippen molar-refractivity contribution in [1.82, 2.24) is 15.1 Å². The van der Waals surface area contributed by atoms with E-state index in [1.54, 1.807) is 7.11 Å². The van der Waals surface area contributed by atoms with E-state index in [9.17, 15) is 4.79 Å². The Morgan fingerprint density at radius 1 is 1.10 bits per heavy atom. The van der Waals surface area contributed by atoms with Crippen LogP contribution in [0.3, 0.4) is 0 Å². The van der Waals surface area contributed by atoms with Gasteiger partial charge in [0.15, 0.2) is 5.13 Å². The van der Waals surface area contributed by atoms with E-state index < -0.39 is 0 Å². The minimum absolute atomic E-state index is 0.156. The number of para-hydroxylation sites is 1. The van der Waals surface area contributed by atoms with Gasteiger partial charge in [0.2, 0.25) is 17.6 Å². The van der Waals surface area contributed by atoms with Gasteiger partial charge in [-0.2, -0.15) is 4.98 Å². The molecular formula is C21H18N4O3S. The highest BCUT2D eigenvalue weighted by Crippen LogP contribution is 2.27. The van der Waals surface area contributed by atoms with Crippen molar-refractivity contribution in [1.29, 1.82) is 0 Å². The molecule has 0 saturated heterocycles. The topological polar surface area (TPSA) is 90.1 Å². The second-order valence-corrected chi connectivity index (χ2v) is 7.02. The summed E-state index contributed by atoms with van der Waals surface area (Å²) in [6, 6.07) is 17.3. The zero-order chi connectivity index (χ0) is 20.1. The predicted molar refractivity (Wildman–Crippen MR) is 111 cm³/mol. The van der Waals surface area contributed by atoms with Gasteiger partial charge in [-0.05, 0) is 12.1 Å². The fourth-order valence-corrected chi connectivity index (χ4v) is 3.51. The highest BCUT2D eigenvalue weighted by Gasteiger charge is 2.14. The van der Waals surface area contributed by atoms with Crippen molar-refractivity contribution in [3.05, 3.63) is 65.9 Å². The number of carbonyl (C=O) groups is 1. The summed E-state index contributed by atoms with van der Waals surface area (Å²) in [5, 5.41) is 9.29. The number of rotatable bonds is 7. The smallest absolute Gasteiger partial charge is 0.227 e. The van der Waals surface area contributed by atoms with Crippen molar-refractivity contribution < 1.29 is 14.1 Å². The fourth-order valence-electron chi connectivity index (χ4n) is 2.77. The summed E-state index contributed by atoms with van der Waals surface area (Å²) in [6.07, 6.45) is 0.554. The summed E-state index contributed by atoms with van der Waals surface area (Å²) in [7, 11) is 1.59. The van der Waals surface area contributed by atoms with Crippen LogP contribution < -0.4 is 10.1 Å². The molecule has 2 aromatic heterocycles.